The van der Waals surface area contributed by atoms with E-state index < -0.39 is 0 Å². The summed E-state index contributed by atoms with van der Waals surface area (Å²) in [4.78, 5) is 0. The molecule has 0 aromatic carbocycles. The van der Waals surface area contributed by atoms with Crippen LogP contribution in [0.15, 0.2) is 0 Å². The number of hydrogen-bond donors (Lipinski definition) is 0. The molecule has 0 atom stereocenters. The minimum absolute atomic E-state index is 0.875. The molecule has 0 aromatic rings. The predicted octanol–water partition coefficient (Wildman–Crippen LogP) is 14.6. The molecule has 0 rings (SSSR count). The number of hydrogen-bond acceptors (Lipinski definition) is 0. The van der Waals surface area contributed by atoms with Crippen molar-refractivity contribution in [2.75, 3.05) is 0 Å². The summed E-state index contributed by atoms with van der Waals surface area (Å²) in [6.45, 7) is 2.31. The first kappa shape index (κ1) is 39.1. The van der Waals surface area contributed by atoms with Gasteiger partial charge in [0.05, 0.1) is 7.85 Å². The van der Waals surface area contributed by atoms with E-state index in [1.54, 1.807) is 0 Å². The summed E-state index contributed by atoms with van der Waals surface area (Å²) in [5.74, 6) is 0. The van der Waals surface area contributed by atoms with Gasteiger partial charge in [0.2, 0.25) is 0 Å². The fourth-order valence-corrected chi connectivity index (χ4v) is 6.23. The molecule has 0 aliphatic carbocycles. The van der Waals surface area contributed by atoms with Crippen LogP contribution in [0.1, 0.15) is 238 Å². The molecule has 0 saturated carbocycles. The van der Waals surface area contributed by atoms with Crippen LogP contribution < -0.4 is 0 Å². The van der Waals surface area contributed by atoms with Gasteiger partial charge in [0.15, 0.2) is 0 Å². The van der Waals surface area contributed by atoms with Gasteiger partial charge in [-0.15, -0.1) is 0 Å². The van der Waals surface area contributed by atoms with E-state index >= 15 is 0 Å². The Balaban J connectivity index is 3.01. The summed E-state index contributed by atoms with van der Waals surface area (Å²) < 4.78 is 0. The summed E-state index contributed by atoms with van der Waals surface area (Å²) in [6, 6.07) is 0. The van der Waals surface area contributed by atoms with E-state index in [0.717, 1.165) is 6.32 Å². The van der Waals surface area contributed by atoms with Crippen molar-refractivity contribution in [3.63, 3.8) is 0 Å². The van der Waals surface area contributed by atoms with Crippen LogP contribution in [0.2, 0.25) is 6.32 Å². The lowest BCUT2D eigenvalue weighted by Gasteiger charge is -2.05. The molecule has 0 unspecified atom stereocenters. The molecule has 0 N–H and O–H groups in total. The van der Waals surface area contributed by atoms with E-state index in [-0.39, 0.29) is 0 Å². The van der Waals surface area contributed by atoms with Gasteiger partial charge >= 0.3 is 0 Å². The summed E-state index contributed by atoms with van der Waals surface area (Å²) in [5.41, 5.74) is 0. The highest BCUT2D eigenvalue weighted by Gasteiger charge is 1.97. The lowest BCUT2D eigenvalue weighted by atomic mass is 9.98. The van der Waals surface area contributed by atoms with Crippen molar-refractivity contribution in [3.05, 3.63) is 0 Å². The Morgan fingerprint density at radius 3 is 0.462 bits per heavy atom. The van der Waals surface area contributed by atoms with Gasteiger partial charge in [-0.25, -0.2) is 0 Å². The Morgan fingerprint density at radius 1 is 0.205 bits per heavy atom. The van der Waals surface area contributed by atoms with Crippen molar-refractivity contribution in [1.29, 1.82) is 0 Å². The van der Waals surface area contributed by atoms with Crippen molar-refractivity contribution in [2.24, 2.45) is 0 Å². The average Bonchev–Trinajstić information content (AvgIpc) is 2.95. The average molecular weight is 545 g/mol. The number of rotatable bonds is 36. The van der Waals surface area contributed by atoms with Crippen molar-refractivity contribution < 1.29 is 0 Å². The zero-order valence-corrected chi connectivity index (χ0v) is 27.7. The zero-order chi connectivity index (χ0) is 28.2. The van der Waals surface area contributed by atoms with E-state index in [9.17, 15) is 0 Å². The molecule has 0 nitrogen and oxygen atoms in total. The molecular formula is C38H77B. The molecule has 0 heterocycles. The second kappa shape index (κ2) is 38.1. The van der Waals surface area contributed by atoms with Gasteiger partial charge in [-0.2, -0.15) is 0 Å². The summed E-state index contributed by atoms with van der Waals surface area (Å²) in [7, 11) is 5.55. The van der Waals surface area contributed by atoms with Crippen molar-refractivity contribution in [2.45, 2.75) is 244 Å². The third-order valence-electron chi connectivity index (χ3n) is 9.06. The van der Waals surface area contributed by atoms with E-state index in [1.807, 2.05) is 0 Å². The molecule has 0 spiro atoms. The largest absolute Gasteiger partial charge is 0.0887 e. The van der Waals surface area contributed by atoms with Gasteiger partial charge in [-0.1, -0.05) is 244 Å². The molecule has 0 saturated heterocycles. The Bertz CT molecular complexity index is 356. The predicted molar refractivity (Wildman–Crippen MR) is 182 cm³/mol. The molecule has 39 heavy (non-hydrogen) atoms. The molecular weight excluding hydrogens is 467 g/mol. The quantitative estimate of drug-likeness (QED) is 0.0543. The van der Waals surface area contributed by atoms with Crippen molar-refractivity contribution >= 4 is 7.85 Å². The maximum Gasteiger partial charge on any atom is 0.0653 e. The molecule has 0 fully saturated rings. The summed E-state index contributed by atoms with van der Waals surface area (Å²) in [6.07, 6.45) is 53.6. The first-order chi connectivity index (χ1) is 19.4. The normalized spacial score (nSPS) is 11.5. The molecule has 0 aliphatic rings. The van der Waals surface area contributed by atoms with E-state index in [4.69, 9.17) is 7.85 Å². The van der Waals surface area contributed by atoms with Gasteiger partial charge < -0.3 is 0 Å². The second-order valence-electron chi connectivity index (χ2n) is 13.2. The van der Waals surface area contributed by atoms with Gasteiger partial charge in [0, 0.05) is 0 Å². The van der Waals surface area contributed by atoms with Crippen molar-refractivity contribution in [3.8, 4) is 0 Å². The third kappa shape index (κ3) is 38.1. The highest BCUT2D eigenvalue weighted by atomic mass is 14.0. The molecule has 2 radical (unpaired) electrons. The summed E-state index contributed by atoms with van der Waals surface area (Å²) >= 11 is 0. The monoisotopic (exact) mass is 545 g/mol. The van der Waals surface area contributed by atoms with E-state index in [2.05, 4.69) is 6.92 Å². The molecule has 0 bridgehead atoms. The topological polar surface area (TPSA) is 0 Å². The zero-order valence-electron chi connectivity index (χ0n) is 27.7. The van der Waals surface area contributed by atoms with Crippen LogP contribution in [-0.2, 0) is 0 Å². The highest BCUT2D eigenvalue weighted by molar-refractivity contribution is 6.08. The SMILES string of the molecule is [B]CCCCCCCCCCCCCCCCCCCCCCCCCCCCCCCCCCCCCC. The van der Waals surface area contributed by atoms with E-state index in [0.29, 0.717) is 0 Å². The van der Waals surface area contributed by atoms with Gasteiger partial charge in [-0.3, -0.25) is 0 Å². The van der Waals surface area contributed by atoms with Gasteiger partial charge in [0.25, 0.3) is 0 Å². The second-order valence-corrected chi connectivity index (χ2v) is 13.2. The molecule has 232 valence electrons. The molecule has 0 aromatic heterocycles. The molecule has 0 aliphatic heterocycles. The van der Waals surface area contributed by atoms with Crippen LogP contribution in [0.5, 0.6) is 0 Å². The lowest BCUT2D eigenvalue weighted by molar-refractivity contribution is 0.510. The lowest BCUT2D eigenvalue weighted by Crippen LogP contribution is -1.85. The van der Waals surface area contributed by atoms with Crippen LogP contribution in [0.3, 0.4) is 0 Å². The Labute approximate surface area is 251 Å². The Morgan fingerprint density at radius 2 is 0.333 bits per heavy atom. The molecule has 1 heteroatoms. The molecule has 0 amide bonds. The first-order valence-corrected chi connectivity index (χ1v) is 19.1. The first-order valence-electron chi connectivity index (χ1n) is 19.1. The summed E-state index contributed by atoms with van der Waals surface area (Å²) in [5, 5.41) is 0. The van der Waals surface area contributed by atoms with Crippen LogP contribution in [-0.4, -0.2) is 7.85 Å². The van der Waals surface area contributed by atoms with Crippen LogP contribution in [0, 0.1) is 0 Å². The maximum atomic E-state index is 5.55. The smallest absolute Gasteiger partial charge is 0.0653 e. The highest BCUT2D eigenvalue weighted by Crippen LogP contribution is 2.17. The van der Waals surface area contributed by atoms with E-state index in [1.165, 1.54) is 231 Å². The van der Waals surface area contributed by atoms with Gasteiger partial charge in [0.1, 0.15) is 0 Å². The fraction of sp³-hybridized carbons (Fsp3) is 1.00. The Hall–Kier alpha value is 0.0649. The number of unbranched alkanes of at least 4 members (excludes halogenated alkanes) is 35. The minimum Gasteiger partial charge on any atom is -0.0887 e. The van der Waals surface area contributed by atoms with Crippen LogP contribution in [0.4, 0.5) is 0 Å². The Kier molecular flexibility index (Phi) is 38.1. The van der Waals surface area contributed by atoms with Crippen LogP contribution in [0.25, 0.3) is 0 Å². The maximum absolute atomic E-state index is 5.55. The van der Waals surface area contributed by atoms with Crippen molar-refractivity contribution in [1.82, 2.24) is 0 Å². The minimum atomic E-state index is 0.875. The van der Waals surface area contributed by atoms with Gasteiger partial charge in [-0.05, 0) is 0 Å². The van der Waals surface area contributed by atoms with Crippen LogP contribution >= 0.6 is 0 Å². The fourth-order valence-electron chi connectivity index (χ4n) is 6.23. The third-order valence-corrected chi connectivity index (χ3v) is 9.06. The standard InChI is InChI=1S/C38H77B/c1-2-3-4-5-6-7-8-9-10-11-12-13-14-15-16-17-18-19-20-21-22-23-24-25-26-27-28-29-30-31-32-33-34-35-36-37-38-39/h2-38H2,1H3.